The third-order valence-corrected chi connectivity index (χ3v) is 6.94. The number of nitrogens with one attached hydrogen (secondary N) is 1. The quantitative estimate of drug-likeness (QED) is 0.309. The Morgan fingerprint density at radius 3 is 2.41 bits per heavy atom. The number of aromatic nitrogens is 2. The van der Waals surface area contributed by atoms with Gasteiger partial charge in [0.05, 0.1) is 24.5 Å². The fourth-order valence-electron chi connectivity index (χ4n) is 4.61. The average Bonchev–Trinajstić information content (AvgIpc) is 3.43. The summed E-state index contributed by atoms with van der Waals surface area (Å²) in [5.41, 5.74) is 5.87. The summed E-state index contributed by atoms with van der Waals surface area (Å²) in [5.74, 6) is 0.861. The van der Waals surface area contributed by atoms with Crippen molar-refractivity contribution >= 4 is 24.2 Å². The van der Waals surface area contributed by atoms with Gasteiger partial charge >= 0.3 is 0 Å². The van der Waals surface area contributed by atoms with Crippen molar-refractivity contribution in [3.05, 3.63) is 96.2 Å². The van der Waals surface area contributed by atoms with Crippen molar-refractivity contribution < 1.29 is 9.90 Å². The minimum atomic E-state index is -0.00695. The minimum absolute atomic E-state index is 0.00695. The number of phenolic OH excluding ortho intramolecular Hbond substituents is 1. The van der Waals surface area contributed by atoms with Gasteiger partial charge in [-0.3, -0.25) is 9.69 Å². The molecule has 2 heterocycles. The van der Waals surface area contributed by atoms with Gasteiger partial charge in [-0.15, -0.1) is 0 Å². The lowest BCUT2D eigenvalue weighted by Crippen LogP contribution is -2.50. The summed E-state index contributed by atoms with van der Waals surface area (Å²) in [6.07, 6.45) is 2.25. The molecule has 37 heavy (non-hydrogen) atoms. The van der Waals surface area contributed by atoms with Crippen molar-refractivity contribution in [2.45, 2.75) is 12.2 Å². The molecular formula is C29H31N5O2S. The standard InChI is InChI=1S/C29H31N5O2S/c35-27-8-4-7-26(19-27)33-13-11-32(12-14-33)21-30-29(36)18-22-15-23(20-37)17-24(16-22)28-9-10-34(31-28)25-5-2-1-3-6-25/h1-10,15-17,19,35,37H,11-14,18,20-21H2,(H,30,36). The first-order chi connectivity index (χ1) is 18.1. The molecule has 7 nitrogen and oxygen atoms in total. The SMILES string of the molecule is O=C(Cc1cc(CS)cc(-c2ccn(-c3ccccc3)n2)c1)NCN1CCN(c2cccc(O)c2)CC1. The number of amides is 1. The summed E-state index contributed by atoms with van der Waals surface area (Å²) >= 11 is 4.47. The van der Waals surface area contributed by atoms with Crippen LogP contribution in [0.2, 0.25) is 0 Å². The molecule has 0 aliphatic carbocycles. The van der Waals surface area contributed by atoms with E-state index in [1.807, 2.05) is 71.5 Å². The smallest absolute Gasteiger partial charge is 0.225 e. The summed E-state index contributed by atoms with van der Waals surface area (Å²) < 4.78 is 1.86. The molecule has 190 valence electrons. The Morgan fingerprint density at radius 1 is 0.892 bits per heavy atom. The number of anilines is 1. The highest BCUT2D eigenvalue weighted by molar-refractivity contribution is 7.79. The first kappa shape index (κ1) is 24.9. The van der Waals surface area contributed by atoms with Gasteiger partial charge in [-0.2, -0.15) is 17.7 Å². The molecule has 3 aromatic carbocycles. The van der Waals surface area contributed by atoms with Crippen LogP contribution in [0.25, 0.3) is 16.9 Å². The lowest BCUT2D eigenvalue weighted by Gasteiger charge is -2.36. The van der Waals surface area contributed by atoms with E-state index < -0.39 is 0 Å². The third kappa shape index (κ3) is 6.34. The van der Waals surface area contributed by atoms with Crippen LogP contribution in [-0.2, 0) is 17.0 Å². The molecule has 0 unspecified atom stereocenters. The van der Waals surface area contributed by atoms with Crippen molar-refractivity contribution in [1.82, 2.24) is 20.0 Å². The number of rotatable bonds is 8. The predicted octanol–water partition coefficient (Wildman–Crippen LogP) is 4.11. The summed E-state index contributed by atoms with van der Waals surface area (Å²) in [6.45, 7) is 3.91. The highest BCUT2D eigenvalue weighted by Crippen LogP contribution is 2.24. The van der Waals surface area contributed by atoms with Gasteiger partial charge in [-0.25, -0.2) is 4.68 Å². The van der Waals surface area contributed by atoms with Crippen LogP contribution in [0.4, 0.5) is 5.69 Å². The maximum absolute atomic E-state index is 12.8. The molecule has 0 saturated carbocycles. The van der Waals surface area contributed by atoms with E-state index in [1.165, 1.54) is 0 Å². The predicted molar refractivity (Wildman–Crippen MR) is 150 cm³/mol. The molecule has 1 amide bonds. The molecule has 1 aliphatic heterocycles. The second-order valence-corrected chi connectivity index (χ2v) is 9.55. The molecule has 4 aromatic rings. The highest BCUT2D eigenvalue weighted by atomic mass is 32.1. The minimum Gasteiger partial charge on any atom is -0.508 e. The van der Waals surface area contributed by atoms with Gasteiger partial charge in [-0.05, 0) is 53.6 Å². The molecular weight excluding hydrogens is 482 g/mol. The van der Waals surface area contributed by atoms with Crippen LogP contribution < -0.4 is 10.2 Å². The van der Waals surface area contributed by atoms with Gasteiger partial charge < -0.3 is 15.3 Å². The molecule has 1 aromatic heterocycles. The van der Waals surface area contributed by atoms with E-state index in [0.29, 0.717) is 18.8 Å². The van der Waals surface area contributed by atoms with E-state index in [2.05, 4.69) is 33.8 Å². The zero-order valence-electron chi connectivity index (χ0n) is 20.6. The van der Waals surface area contributed by atoms with Crippen molar-refractivity contribution in [3.8, 4) is 22.7 Å². The van der Waals surface area contributed by atoms with E-state index >= 15 is 0 Å². The Balaban J connectivity index is 1.17. The highest BCUT2D eigenvalue weighted by Gasteiger charge is 2.18. The first-order valence-corrected chi connectivity index (χ1v) is 13.1. The molecule has 0 atom stereocenters. The average molecular weight is 514 g/mol. The number of aromatic hydroxyl groups is 1. The first-order valence-electron chi connectivity index (χ1n) is 12.5. The number of carbonyl (C=O) groups excluding carboxylic acids is 1. The maximum Gasteiger partial charge on any atom is 0.225 e. The molecule has 2 N–H and O–H groups in total. The van der Waals surface area contributed by atoms with E-state index in [4.69, 9.17) is 5.10 Å². The Kier molecular flexibility index (Phi) is 7.77. The number of nitrogens with zero attached hydrogens (tertiary/aromatic N) is 4. The molecule has 0 bridgehead atoms. The lowest BCUT2D eigenvalue weighted by atomic mass is 10.0. The van der Waals surface area contributed by atoms with Gasteiger partial charge in [0.15, 0.2) is 0 Å². The van der Waals surface area contributed by atoms with E-state index in [9.17, 15) is 9.90 Å². The van der Waals surface area contributed by atoms with Crippen molar-refractivity contribution in [3.63, 3.8) is 0 Å². The van der Waals surface area contributed by atoms with Gasteiger partial charge in [0.25, 0.3) is 0 Å². The van der Waals surface area contributed by atoms with Crippen molar-refractivity contribution in [1.29, 1.82) is 0 Å². The zero-order valence-corrected chi connectivity index (χ0v) is 21.5. The number of phenols is 1. The third-order valence-electron chi connectivity index (χ3n) is 6.57. The summed E-state index contributed by atoms with van der Waals surface area (Å²) in [4.78, 5) is 17.3. The molecule has 1 saturated heterocycles. The van der Waals surface area contributed by atoms with Gasteiger partial charge in [0.1, 0.15) is 5.75 Å². The topological polar surface area (TPSA) is 73.6 Å². The van der Waals surface area contributed by atoms with Gasteiger partial charge in [0.2, 0.25) is 5.91 Å². The second kappa shape index (κ2) is 11.5. The number of para-hydroxylation sites is 1. The molecule has 5 rings (SSSR count). The van der Waals surface area contributed by atoms with Gasteiger partial charge in [0, 0.05) is 55.4 Å². The molecule has 8 heteroatoms. The Bertz CT molecular complexity index is 1350. The zero-order chi connectivity index (χ0) is 25.6. The van der Waals surface area contributed by atoms with E-state index in [0.717, 1.165) is 59.9 Å². The fourth-order valence-corrected chi connectivity index (χ4v) is 4.79. The summed E-state index contributed by atoms with van der Waals surface area (Å²) in [6, 6.07) is 25.5. The van der Waals surface area contributed by atoms with Crippen LogP contribution in [0, 0.1) is 0 Å². The summed E-state index contributed by atoms with van der Waals surface area (Å²) in [7, 11) is 0. The second-order valence-electron chi connectivity index (χ2n) is 9.24. The molecule has 1 fully saturated rings. The van der Waals surface area contributed by atoms with Crippen LogP contribution in [-0.4, -0.2) is 58.5 Å². The largest absolute Gasteiger partial charge is 0.508 e. The van der Waals surface area contributed by atoms with Crippen molar-refractivity contribution in [2.24, 2.45) is 0 Å². The number of benzene rings is 3. The Labute approximate surface area is 222 Å². The monoisotopic (exact) mass is 513 g/mol. The Hall–Kier alpha value is -3.75. The van der Waals surface area contributed by atoms with Crippen LogP contribution in [0.5, 0.6) is 5.75 Å². The normalized spacial score (nSPS) is 14.0. The van der Waals surface area contributed by atoms with Crippen LogP contribution in [0.15, 0.2) is 85.1 Å². The molecule has 0 radical (unpaired) electrons. The number of carbonyl (C=O) groups is 1. The van der Waals surface area contributed by atoms with Crippen LogP contribution in [0.1, 0.15) is 11.1 Å². The number of thiol groups is 1. The fraction of sp³-hybridized carbons (Fsp3) is 0.241. The van der Waals surface area contributed by atoms with Crippen LogP contribution in [0.3, 0.4) is 0 Å². The molecule has 0 spiro atoms. The van der Waals surface area contributed by atoms with Crippen LogP contribution >= 0.6 is 12.6 Å². The van der Waals surface area contributed by atoms with E-state index in [1.54, 1.807) is 12.1 Å². The number of piperazine rings is 1. The Morgan fingerprint density at radius 2 is 1.65 bits per heavy atom. The molecule has 1 aliphatic rings. The lowest BCUT2D eigenvalue weighted by molar-refractivity contribution is -0.121. The summed E-state index contributed by atoms with van der Waals surface area (Å²) in [5, 5.41) is 17.6. The maximum atomic E-state index is 12.8. The van der Waals surface area contributed by atoms with E-state index in [-0.39, 0.29) is 11.7 Å². The number of hydrogen-bond acceptors (Lipinski definition) is 6. The number of hydrogen-bond donors (Lipinski definition) is 3. The van der Waals surface area contributed by atoms with Gasteiger partial charge in [-0.1, -0.05) is 30.3 Å². The van der Waals surface area contributed by atoms with Crippen molar-refractivity contribution in [2.75, 3.05) is 37.7 Å².